The molecule has 2 rings (SSSR count). The van der Waals surface area contributed by atoms with Crippen LogP contribution in [0.2, 0.25) is 0 Å². The molecular weight excluding hydrogens is 246 g/mol. The van der Waals surface area contributed by atoms with Gasteiger partial charge in [0.25, 0.3) is 0 Å². The molecule has 0 aromatic carbocycles. The third-order valence-corrected chi connectivity index (χ3v) is 4.37. The number of nitrogens with one attached hydrogen (secondary N) is 1. The molecule has 1 saturated heterocycles. The van der Waals surface area contributed by atoms with Gasteiger partial charge in [-0.15, -0.1) is 11.3 Å². The molecule has 4 nitrogen and oxygen atoms in total. The SMILES string of the molecule is CCCCNCc1sc(N2CCOCC2)nc1C. The topological polar surface area (TPSA) is 37.4 Å². The number of aryl methyl sites for hydroxylation is 1. The highest BCUT2D eigenvalue weighted by molar-refractivity contribution is 7.15. The fraction of sp³-hybridized carbons (Fsp3) is 0.769. The molecule has 0 saturated carbocycles. The van der Waals surface area contributed by atoms with Crippen molar-refractivity contribution in [2.24, 2.45) is 0 Å². The first-order valence-electron chi connectivity index (χ1n) is 6.81. The van der Waals surface area contributed by atoms with Crippen LogP contribution >= 0.6 is 11.3 Å². The Hall–Kier alpha value is -0.650. The summed E-state index contributed by atoms with van der Waals surface area (Å²) in [5.41, 5.74) is 1.17. The fourth-order valence-electron chi connectivity index (χ4n) is 1.97. The first-order chi connectivity index (χ1) is 8.81. The van der Waals surface area contributed by atoms with Gasteiger partial charge in [-0.3, -0.25) is 0 Å². The molecule has 1 N–H and O–H groups in total. The largest absolute Gasteiger partial charge is 0.378 e. The van der Waals surface area contributed by atoms with Crippen LogP contribution in [-0.4, -0.2) is 37.8 Å². The van der Waals surface area contributed by atoms with Gasteiger partial charge in [0.15, 0.2) is 5.13 Å². The molecular formula is C13H23N3OS. The molecule has 0 atom stereocenters. The number of ether oxygens (including phenoxy) is 1. The van der Waals surface area contributed by atoms with Gasteiger partial charge < -0.3 is 15.0 Å². The van der Waals surface area contributed by atoms with E-state index in [4.69, 9.17) is 4.74 Å². The summed E-state index contributed by atoms with van der Waals surface area (Å²) >= 11 is 1.82. The van der Waals surface area contributed by atoms with Crippen LogP contribution in [0.3, 0.4) is 0 Å². The Morgan fingerprint density at radius 3 is 2.89 bits per heavy atom. The molecule has 2 heterocycles. The Morgan fingerprint density at radius 2 is 2.17 bits per heavy atom. The average Bonchev–Trinajstić information content (AvgIpc) is 2.77. The first kappa shape index (κ1) is 13.8. The van der Waals surface area contributed by atoms with E-state index in [1.165, 1.54) is 23.4 Å². The normalized spacial score (nSPS) is 16.2. The molecule has 1 aliphatic rings. The highest BCUT2D eigenvalue weighted by Crippen LogP contribution is 2.26. The monoisotopic (exact) mass is 269 g/mol. The second-order valence-electron chi connectivity index (χ2n) is 4.63. The van der Waals surface area contributed by atoms with Gasteiger partial charge >= 0.3 is 0 Å². The number of hydrogen-bond acceptors (Lipinski definition) is 5. The van der Waals surface area contributed by atoms with Gasteiger partial charge in [0.1, 0.15) is 0 Å². The smallest absolute Gasteiger partial charge is 0.185 e. The maximum atomic E-state index is 5.37. The van der Waals surface area contributed by atoms with E-state index < -0.39 is 0 Å². The summed E-state index contributed by atoms with van der Waals surface area (Å²) in [6.45, 7) is 9.96. The van der Waals surface area contributed by atoms with Crippen molar-refractivity contribution in [2.75, 3.05) is 37.7 Å². The molecule has 18 heavy (non-hydrogen) atoms. The minimum absolute atomic E-state index is 0.822. The summed E-state index contributed by atoms with van der Waals surface area (Å²) in [4.78, 5) is 8.38. The second-order valence-corrected chi connectivity index (χ2v) is 5.70. The number of anilines is 1. The quantitative estimate of drug-likeness (QED) is 0.803. The van der Waals surface area contributed by atoms with E-state index in [9.17, 15) is 0 Å². The van der Waals surface area contributed by atoms with Crippen molar-refractivity contribution in [3.8, 4) is 0 Å². The van der Waals surface area contributed by atoms with Crippen LogP contribution in [0.25, 0.3) is 0 Å². The van der Waals surface area contributed by atoms with Crippen LogP contribution in [0.5, 0.6) is 0 Å². The lowest BCUT2D eigenvalue weighted by Crippen LogP contribution is -2.36. The average molecular weight is 269 g/mol. The molecule has 0 aliphatic carbocycles. The van der Waals surface area contributed by atoms with Gasteiger partial charge in [0, 0.05) is 24.5 Å². The van der Waals surface area contributed by atoms with Gasteiger partial charge in [0.05, 0.1) is 18.9 Å². The van der Waals surface area contributed by atoms with Crippen molar-refractivity contribution in [1.29, 1.82) is 0 Å². The molecule has 0 radical (unpaired) electrons. The highest BCUT2D eigenvalue weighted by Gasteiger charge is 2.16. The first-order valence-corrected chi connectivity index (χ1v) is 7.62. The lowest BCUT2D eigenvalue weighted by molar-refractivity contribution is 0.122. The van der Waals surface area contributed by atoms with Crippen LogP contribution in [0, 0.1) is 6.92 Å². The van der Waals surface area contributed by atoms with E-state index in [2.05, 4.69) is 29.0 Å². The molecule has 102 valence electrons. The zero-order valence-electron chi connectivity index (χ0n) is 11.4. The van der Waals surface area contributed by atoms with Crippen molar-refractivity contribution in [2.45, 2.75) is 33.2 Å². The summed E-state index contributed by atoms with van der Waals surface area (Å²) in [6.07, 6.45) is 2.49. The minimum atomic E-state index is 0.822. The van der Waals surface area contributed by atoms with Gasteiger partial charge in [-0.2, -0.15) is 0 Å². The Kier molecular flexibility index (Phi) is 5.41. The lowest BCUT2D eigenvalue weighted by Gasteiger charge is -2.26. The molecule has 0 amide bonds. The molecule has 1 aromatic rings. The summed E-state index contributed by atoms with van der Waals surface area (Å²) in [7, 11) is 0. The van der Waals surface area contributed by atoms with E-state index in [1.54, 1.807) is 0 Å². The van der Waals surface area contributed by atoms with Crippen molar-refractivity contribution in [3.05, 3.63) is 10.6 Å². The Balaban J connectivity index is 1.89. The van der Waals surface area contributed by atoms with Crippen LogP contribution in [-0.2, 0) is 11.3 Å². The Morgan fingerprint density at radius 1 is 1.39 bits per heavy atom. The van der Waals surface area contributed by atoms with Gasteiger partial charge in [0.2, 0.25) is 0 Å². The Labute approximate surface area is 113 Å². The number of thiazole rings is 1. The summed E-state index contributed by atoms with van der Waals surface area (Å²) < 4.78 is 5.37. The van der Waals surface area contributed by atoms with Crippen molar-refractivity contribution in [1.82, 2.24) is 10.3 Å². The molecule has 1 aromatic heterocycles. The maximum absolute atomic E-state index is 5.37. The summed E-state index contributed by atoms with van der Waals surface area (Å²) in [5.74, 6) is 0. The number of aromatic nitrogens is 1. The number of rotatable bonds is 6. The Bertz CT molecular complexity index is 361. The van der Waals surface area contributed by atoms with E-state index in [0.29, 0.717) is 0 Å². The second kappa shape index (κ2) is 7.07. The fourth-order valence-corrected chi connectivity index (χ4v) is 3.05. The predicted molar refractivity (Wildman–Crippen MR) is 76.5 cm³/mol. The zero-order chi connectivity index (χ0) is 12.8. The van der Waals surface area contributed by atoms with E-state index >= 15 is 0 Å². The van der Waals surface area contributed by atoms with Crippen LogP contribution in [0.15, 0.2) is 0 Å². The lowest BCUT2D eigenvalue weighted by atomic mass is 10.3. The number of nitrogens with zero attached hydrogens (tertiary/aromatic N) is 2. The molecule has 1 fully saturated rings. The van der Waals surface area contributed by atoms with Gasteiger partial charge in [-0.1, -0.05) is 13.3 Å². The van der Waals surface area contributed by atoms with Crippen LogP contribution < -0.4 is 10.2 Å². The zero-order valence-corrected chi connectivity index (χ0v) is 12.2. The van der Waals surface area contributed by atoms with Crippen molar-refractivity contribution in [3.63, 3.8) is 0 Å². The summed E-state index contributed by atoms with van der Waals surface area (Å²) in [5, 5.41) is 4.64. The van der Waals surface area contributed by atoms with Crippen LogP contribution in [0.4, 0.5) is 5.13 Å². The highest BCUT2D eigenvalue weighted by atomic mass is 32.1. The van der Waals surface area contributed by atoms with Crippen molar-refractivity contribution >= 4 is 16.5 Å². The van der Waals surface area contributed by atoms with Gasteiger partial charge in [-0.25, -0.2) is 4.98 Å². The van der Waals surface area contributed by atoms with Crippen LogP contribution in [0.1, 0.15) is 30.3 Å². The van der Waals surface area contributed by atoms with Gasteiger partial charge in [-0.05, 0) is 19.9 Å². The summed E-state index contributed by atoms with van der Waals surface area (Å²) in [6, 6.07) is 0. The molecule has 0 bridgehead atoms. The number of hydrogen-bond donors (Lipinski definition) is 1. The minimum Gasteiger partial charge on any atom is -0.378 e. The van der Waals surface area contributed by atoms with E-state index in [0.717, 1.165) is 44.5 Å². The van der Waals surface area contributed by atoms with E-state index in [1.807, 2.05) is 11.3 Å². The number of unbranched alkanes of at least 4 members (excludes halogenated alkanes) is 1. The molecule has 5 heteroatoms. The molecule has 0 unspecified atom stereocenters. The standard InChI is InChI=1S/C13H23N3OS/c1-3-4-5-14-10-12-11(2)15-13(18-12)16-6-8-17-9-7-16/h14H,3-10H2,1-2H3. The van der Waals surface area contributed by atoms with Crippen molar-refractivity contribution < 1.29 is 4.74 Å². The van der Waals surface area contributed by atoms with E-state index in [-0.39, 0.29) is 0 Å². The third-order valence-electron chi connectivity index (χ3n) is 3.16. The molecule has 0 spiro atoms. The maximum Gasteiger partial charge on any atom is 0.185 e. The third kappa shape index (κ3) is 3.67. The number of morpholine rings is 1. The molecule has 1 aliphatic heterocycles. The predicted octanol–water partition coefficient (Wildman–Crippen LogP) is 2.18.